The van der Waals surface area contributed by atoms with Crippen molar-refractivity contribution in [1.29, 1.82) is 0 Å². The molecule has 3 saturated heterocycles. The van der Waals surface area contributed by atoms with E-state index in [0.29, 0.717) is 23.8 Å². The number of amides is 3. The molecular weight excluding hydrogens is 448 g/mol. The standard InChI is InChI=1S/C22H36N4O4S2/c1-3-30-22(29)25-18(27)15-8-11-31-20(15)24-19(28)21-23-16-5-4-14(12-17(16)32-21)26-9-6-13(2)7-10-26/h13-17,20-21,23H,3-12H2,1-2H3,(H,24,28)(H,25,27,29). The van der Waals surface area contributed by atoms with Gasteiger partial charge in [0.25, 0.3) is 0 Å². The average Bonchev–Trinajstić information content (AvgIpc) is 3.40. The fourth-order valence-corrected chi connectivity index (χ4v) is 8.16. The van der Waals surface area contributed by atoms with Crippen LogP contribution in [0.1, 0.15) is 52.4 Å². The van der Waals surface area contributed by atoms with Crippen LogP contribution in [0.3, 0.4) is 0 Å². The molecule has 180 valence electrons. The fourth-order valence-electron chi connectivity index (χ4n) is 5.30. The van der Waals surface area contributed by atoms with Crippen LogP contribution >= 0.6 is 23.5 Å². The maximum Gasteiger partial charge on any atom is 0.413 e. The lowest BCUT2D eigenvalue weighted by Crippen LogP contribution is -2.50. The van der Waals surface area contributed by atoms with E-state index in [2.05, 4.69) is 27.8 Å². The first-order valence-corrected chi connectivity index (χ1v) is 14.0. The van der Waals surface area contributed by atoms with Crippen LogP contribution in [0.2, 0.25) is 0 Å². The van der Waals surface area contributed by atoms with Crippen molar-refractivity contribution >= 4 is 41.4 Å². The number of nitrogens with one attached hydrogen (secondary N) is 3. The quantitative estimate of drug-likeness (QED) is 0.546. The van der Waals surface area contributed by atoms with Crippen molar-refractivity contribution in [3.63, 3.8) is 0 Å². The van der Waals surface area contributed by atoms with Gasteiger partial charge in [-0.2, -0.15) is 0 Å². The summed E-state index contributed by atoms with van der Waals surface area (Å²) in [5.74, 6) is 0.764. The van der Waals surface area contributed by atoms with E-state index in [1.165, 1.54) is 32.4 Å². The van der Waals surface area contributed by atoms with E-state index in [4.69, 9.17) is 4.74 Å². The summed E-state index contributed by atoms with van der Waals surface area (Å²) in [6.45, 7) is 6.67. The molecule has 6 atom stereocenters. The van der Waals surface area contributed by atoms with Gasteiger partial charge in [-0.25, -0.2) is 4.79 Å². The molecule has 3 aliphatic heterocycles. The highest BCUT2D eigenvalue weighted by atomic mass is 32.2. The van der Waals surface area contributed by atoms with E-state index in [-0.39, 0.29) is 29.2 Å². The summed E-state index contributed by atoms with van der Waals surface area (Å²) in [7, 11) is 0. The average molecular weight is 485 g/mol. The summed E-state index contributed by atoms with van der Waals surface area (Å²) >= 11 is 3.31. The van der Waals surface area contributed by atoms with Gasteiger partial charge in [-0.05, 0) is 70.2 Å². The summed E-state index contributed by atoms with van der Waals surface area (Å²) in [6.07, 6.45) is 5.95. The Morgan fingerprint density at radius 3 is 2.62 bits per heavy atom. The normalized spacial score (nSPS) is 35.8. The van der Waals surface area contributed by atoms with Crippen LogP contribution in [0.15, 0.2) is 0 Å². The van der Waals surface area contributed by atoms with Crippen molar-refractivity contribution in [3.8, 4) is 0 Å². The molecule has 4 fully saturated rings. The van der Waals surface area contributed by atoms with Crippen molar-refractivity contribution in [3.05, 3.63) is 0 Å². The predicted molar refractivity (Wildman–Crippen MR) is 127 cm³/mol. The molecule has 3 N–H and O–H groups in total. The molecule has 8 nitrogen and oxygen atoms in total. The Morgan fingerprint density at radius 1 is 1.09 bits per heavy atom. The SMILES string of the molecule is CCOC(=O)NC(=O)C1CCSC1NC(=O)C1NC2CCC(N3CCC(C)CC3)CC2S1. The number of piperidine rings is 1. The zero-order valence-corrected chi connectivity index (χ0v) is 20.6. The molecular formula is C22H36N4O4S2. The predicted octanol–water partition coefficient (Wildman–Crippen LogP) is 2.14. The number of thioether (sulfide) groups is 2. The van der Waals surface area contributed by atoms with Gasteiger partial charge in [0.2, 0.25) is 11.8 Å². The highest BCUT2D eigenvalue weighted by Crippen LogP contribution is 2.40. The third-order valence-electron chi connectivity index (χ3n) is 7.23. The van der Waals surface area contributed by atoms with Gasteiger partial charge >= 0.3 is 6.09 Å². The molecule has 4 aliphatic rings. The topological polar surface area (TPSA) is 99.8 Å². The molecule has 3 heterocycles. The summed E-state index contributed by atoms with van der Waals surface area (Å²) < 4.78 is 4.80. The van der Waals surface area contributed by atoms with E-state index in [1.54, 1.807) is 30.4 Å². The van der Waals surface area contributed by atoms with Crippen LogP contribution in [-0.4, -0.2) is 76.3 Å². The van der Waals surface area contributed by atoms with Crippen LogP contribution in [0.25, 0.3) is 0 Å². The first-order chi connectivity index (χ1) is 15.4. The Balaban J connectivity index is 1.26. The third-order valence-corrected chi connectivity index (χ3v) is 10.00. The van der Waals surface area contributed by atoms with Gasteiger partial charge in [0, 0.05) is 17.3 Å². The van der Waals surface area contributed by atoms with Gasteiger partial charge in [0.15, 0.2) is 0 Å². The number of carbonyl (C=O) groups excluding carboxylic acids is 3. The number of likely N-dealkylation sites (tertiary alicyclic amines) is 1. The molecule has 0 aromatic heterocycles. The van der Waals surface area contributed by atoms with Crippen LogP contribution in [-0.2, 0) is 14.3 Å². The number of rotatable bonds is 5. The lowest BCUT2D eigenvalue weighted by Gasteiger charge is -2.41. The van der Waals surface area contributed by atoms with E-state index in [9.17, 15) is 14.4 Å². The van der Waals surface area contributed by atoms with E-state index < -0.39 is 12.0 Å². The largest absolute Gasteiger partial charge is 0.450 e. The Kier molecular flexibility index (Phi) is 8.28. The summed E-state index contributed by atoms with van der Waals surface area (Å²) in [5, 5.41) is 8.76. The second kappa shape index (κ2) is 11.0. The molecule has 4 rings (SSSR count). The minimum absolute atomic E-state index is 0.0546. The van der Waals surface area contributed by atoms with Crippen molar-refractivity contribution < 1.29 is 19.1 Å². The van der Waals surface area contributed by atoms with E-state index in [1.807, 2.05) is 0 Å². The lowest BCUT2D eigenvalue weighted by molar-refractivity contribution is -0.125. The molecule has 32 heavy (non-hydrogen) atoms. The molecule has 6 unspecified atom stereocenters. The lowest BCUT2D eigenvalue weighted by atomic mass is 9.87. The van der Waals surface area contributed by atoms with Gasteiger partial charge in [-0.1, -0.05) is 6.92 Å². The molecule has 1 saturated carbocycles. The Hall–Kier alpha value is -0.970. The van der Waals surface area contributed by atoms with Gasteiger partial charge in [-0.15, -0.1) is 23.5 Å². The van der Waals surface area contributed by atoms with Crippen molar-refractivity contribution in [1.82, 2.24) is 20.9 Å². The monoisotopic (exact) mass is 484 g/mol. The molecule has 0 aromatic carbocycles. The van der Waals surface area contributed by atoms with Crippen LogP contribution < -0.4 is 16.0 Å². The first-order valence-electron chi connectivity index (χ1n) is 12.0. The molecule has 1 aliphatic carbocycles. The Morgan fingerprint density at radius 2 is 1.88 bits per heavy atom. The zero-order chi connectivity index (χ0) is 22.7. The maximum absolute atomic E-state index is 13.0. The molecule has 0 bridgehead atoms. The van der Waals surface area contributed by atoms with Crippen LogP contribution in [0, 0.1) is 11.8 Å². The van der Waals surface area contributed by atoms with Crippen molar-refractivity contribution in [2.24, 2.45) is 11.8 Å². The van der Waals surface area contributed by atoms with Gasteiger partial charge in [-0.3, -0.25) is 20.2 Å². The maximum atomic E-state index is 13.0. The van der Waals surface area contributed by atoms with Gasteiger partial charge in [0.05, 0.1) is 17.9 Å². The number of imide groups is 1. The number of alkyl carbamates (subject to hydrolysis) is 1. The minimum Gasteiger partial charge on any atom is -0.450 e. The molecule has 0 aromatic rings. The zero-order valence-electron chi connectivity index (χ0n) is 19.0. The number of hydrogen-bond acceptors (Lipinski definition) is 8. The Bertz CT molecular complexity index is 703. The number of carbonyl (C=O) groups is 3. The summed E-state index contributed by atoms with van der Waals surface area (Å²) in [5.41, 5.74) is 0. The molecule has 0 radical (unpaired) electrons. The fraction of sp³-hybridized carbons (Fsp3) is 0.864. The van der Waals surface area contributed by atoms with E-state index in [0.717, 1.165) is 24.5 Å². The Labute approximate surface area is 199 Å². The number of ether oxygens (including phenoxy) is 1. The van der Waals surface area contributed by atoms with Gasteiger partial charge in [0.1, 0.15) is 5.37 Å². The van der Waals surface area contributed by atoms with E-state index >= 15 is 0 Å². The molecule has 3 amide bonds. The van der Waals surface area contributed by atoms with Crippen molar-refractivity contribution in [2.45, 2.75) is 80.5 Å². The van der Waals surface area contributed by atoms with Crippen molar-refractivity contribution in [2.75, 3.05) is 25.4 Å². The number of hydrogen-bond donors (Lipinski definition) is 3. The second-order valence-corrected chi connectivity index (χ2v) is 12.0. The van der Waals surface area contributed by atoms with Gasteiger partial charge < -0.3 is 15.0 Å². The summed E-state index contributed by atoms with van der Waals surface area (Å²) in [4.78, 5) is 39.7. The highest BCUT2D eigenvalue weighted by Gasteiger charge is 2.44. The van der Waals surface area contributed by atoms with Crippen LogP contribution in [0.4, 0.5) is 4.79 Å². The number of nitrogens with zero attached hydrogens (tertiary/aromatic N) is 1. The second-order valence-electron chi connectivity index (χ2n) is 9.42. The smallest absolute Gasteiger partial charge is 0.413 e. The minimum atomic E-state index is -0.728. The third kappa shape index (κ3) is 5.74. The number of fused-ring (bicyclic) bond motifs is 1. The first kappa shape index (κ1) is 24.2. The summed E-state index contributed by atoms with van der Waals surface area (Å²) in [6, 6.07) is 1.02. The molecule has 10 heteroatoms. The van der Waals surface area contributed by atoms with Crippen LogP contribution in [0.5, 0.6) is 0 Å². The molecule has 0 spiro atoms. The highest BCUT2D eigenvalue weighted by molar-refractivity contribution is 8.01.